The third-order valence-electron chi connectivity index (χ3n) is 4.55. The van der Waals surface area contributed by atoms with E-state index in [0.717, 1.165) is 25.4 Å². The second-order valence-electron chi connectivity index (χ2n) is 5.86. The van der Waals surface area contributed by atoms with Crippen LogP contribution in [0.5, 0.6) is 0 Å². The van der Waals surface area contributed by atoms with E-state index in [2.05, 4.69) is 33.5 Å². The summed E-state index contributed by atoms with van der Waals surface area (Å²) in [4.78, 5) is 2.57. The number of aromatic nitrogens is 3. The van der Waals surface area contributed by atoms with Gasteiger partial charge in [0.05, 0.1) is 6.04 Å². The quantitative estimate of drug-likeness (QED) is 0.806. The lowest BCUT2D eigenvalue weighted by atomic mass is 9.98. The molecule has 0 radical (unpaired) electrons. The summed E-state index contributed by atoms with van der Waals surface area (Å²) in [5.74, 6) is 3.21. The molecule has 4 heteroatoms. The Balaban J connectivity index is 1.87. The molecule has 0 N–H and O–H groups in total. The number of piperidine rings is 1. The summed E-state index contributed by atoms with van der Waals surface area (Å²) < 4.78 is 2.40. The first-order chi connectivity index (χ1) is 8.79. The number of hydrogen-bond donors (Lipinski definition) is 0. The molecule has 2 aliphatic rings. The van der Waals surface area contributed by atoms with Gasteiger partial charge in [0.25, 0.3) is 0 Å². The summed E-state index contributed by atoms with van der Waals surface area (Å²) in [6, 6.07) is 0.512. The number of fused-ring (bicyclic) bond motifs is 1. The zero-order valence-electron chi connectivity index (χ0n) is 11.6. The fourth-order valence-electron chi connectivity index (χ4n) is 3.42. The standard InChI is InChI=1S/C14H24N4/c1-3-17-8-5-4-6-12(17)14-16-15-13-10-11(2)7-9-18(13)14/h11-12H,3-10H2,1-2H3. The van der Waals surface area contributed by atoms with E-state index in [4.69, 9.17) is 0 Å². The predicted molar refractivity (Wildman–Crippen MR) is 71.3 cm³/mol. The largest absolute Gasteiger partial charge is 0.314 e. The number of nitrogens with zero attached hydrogens (tertiary/aromatic N) is 4. The van der Waals surface area contributed by atoms with Gasteiger partial charge in [-0.2, -0.15) is 0 Å². The minimum atomic E-state index is 0.512. The minimum absolute atomic E-state index is 0.512. The average Bonchev–Trinajstić information content (AvgIpc) is 2.81. The van der Waals surface area contributed by atoms with Gasteiger partial charge in [0.15, 0.2) is 0 Å². The highest BCUT2D eigenvalue weighted by atomic mass is 15.3. The van der Waals surface area contributed by atoms with Gasteiger partial charge in [-0.25, -0.2) is 0 Å². The summed E-state index contributed by atoms with van der Waals surface area (Å²) in [6.45, 7) is 8.04. The van der Waals surface area contributed by atoms with E-state index in [1.54, 1.807) is 0 Å². The summed E-state index contributed by atoms with van der Waals surface area (Å²) in [5, 5.41) is 8.96. The number of likely N-dealkylation sites (tertiary alicyclic amines) is 1. The molecule has 2 aliphatic heterocycles. The smallest absolute Gasteiger partial charge is 0.150 e. The Labute approximate surface area is 109 Å². The van der Waals surface area contributed by atoms with Gasteiger partial charge in [0.1, 0.15) is 11.6 Å². The minimum Gasteiger partial charge on any atom is -0.314 e. The van der Waals surface area contributed by atoms with E-state index < -0.39 is 0 Å². The fraction of sp³-hybridized carbons (Fsp3) is 0.857. The molecule has 1 aromatic rings. The zero-order chi connectivity index (χ0) is 12.5. The Hall–Kier alpha value is -0.900. The molecule has 100 valence electrons. The van der Waals surface area contributed by atoms with Crippen molar-refractivity contribution in [2.75, 3.05) is 13.1 Å². The fourth-order valence-corrected chi connectivity index (χ4v) is 3.42. The summed E-state index contributed by atoms with van der Waals surface area (Å²) in [5.41, 5.74) is 0. The highest BCUT2D eigenvalue weighted by Crippen LogP contribution is 2.31. The van der Waals surface area contributed by atoms with E-state index in [1.165, 1.54) is 43.9 Å². The molecule has 0 aromatic carbocycles. The molecule has 2 atom stereocenters. The van der Waals surface area contributed by atoms with E-state index in [1.807, 2.05) is 0 Å². The van der Waals surface area contributed by atoms with Crippen molar-refractivity contribution in [1.29, 1.82) is 0 Å². The van der Waals surface area contributed by atoms with Crippen LogP contribution in [0.1, 0.15) is 57.2 Å². The first-order valence-corrected chi connectivity index (χ1v) is 7.45. The second kappa shape index (κ2) is 5.00. The Kier molecular flexibility index (Phi) is 3.37. The SMILES string of the molecule is CCN1CCCCC1c1nnc2n1CCC(C)C2. The molecule has 1 aromatic heterocycles. The highest BCUT2D eigenvalue weighted by Gasteiger charge is 2.29. The predicted octanol–water partition coefficient (Wildman–Crippen LogP) is 2.41. The van der Waals surface area contributed by atoms with E-state index in [9.17, 15) is 0 Å². The van der Waals surface area contributed by atoms with Crippen LogP contribution < -0.4 is 0 Å². The van der Waals surface area contributed by atoms with Crippen molar-refractivity contribution in [2.45, 2.75) is 58.5 Å². The number of hydrogen-bond acceptors (Lipinski definition) is 3. The molecule has 3 rings (SSSR count). The van der Waals surface area contributed by atoms with Crippen molar-refractivity contribution in [3.63, 3.8) is 0 Å². The maximum Gasteiger partial charge on any atom is 0.150 e. The van der Waals surface area contributed by atoms with Crippen molar-refractivity contribution >= 4 is 0 Å². The average molecular weight is 248 g/mol. The molecule has 0 spiro atoms. The molecule has 0 amide bonds. The molecular weight excluding hydrogens is 224 g/mol. The molecule has 18 heavy (non-hydrogen) atoms. The highest BCUT2D eigenvalue weighted by molar-refractivity contribution is 5.05. The van der Waals surface area contributed by atoms with Crippen LogP contribution in [0.2, 0.25) is 0 Å². The van der Waals surface area contributed by atoms with Gasteiger partial charge in [-0.3, -0.25) is 4.90 Å². The molecule has 4 nitrogen and oxygen atoms in total. The lowest BCUT2D eigenvalue weighted by Gasteiger charge is -2.34. The Morgan fingerprint density at radius 1 is 1.17 bits per heavy atom. The van der Waals surface area contributed by atoms with Crippen molar-refractivity contribution in [1.82, 2.24) is 19.7 Å². The first-order valence-electron chi connectivity index (χ1n) is 7.45. The summed E-state index contributed by atoms with van der Waals surface area (Å²) in [6.07, 6.45) is 6.30. The molecule has 1 saturated heterocycles. The molecule has 0 bridgehead atoms. The lowest BCUT2D eigenvalue weighted by molar-refractivity contribution is 0.145. The van der Waals surface area contributed by atoms with Gasteiger partial charge in [-0.15, -0.1) is 10.2 Å². The molecule has 0 aliphatic carbocycles. The van der Waals surface area contributed by atoms with Crippen molar-refractivity contribution in [3.05, 3.63) is 11.6 Å². The Morgan fingerprint density at radius 2 is 2.06 bits per heavy atom. The van der Waals surface area contributed by atoms with Crippen molar-refractivity contribution < 1.29 is 0 Å². The van der Waals surface area contributed by atoms with E-state index >= 15 is 0 Å². The molecule has 1 fully saturated rings. The summed E-state index contributed by atoms with van der Waals surface area (Å²) >= 11 is 0. The van der Waals surface area contributed by atoms with Crippen LogP contribution in [0.4, 0.5) is 0 Å². The van der Waals surface area contributed by atoms with Gasteiger partial charge in [0, 0.05) is 13.0 Å². The van der Waals surface area contributed by atoms with Gasteiger partial charge in [-0.1, -0.05) is 20.3 Å². The van der Waals surface area contributed by atoms with E-state index in [-0.39, 0.29) is 0 Å². The van der Waals surface area contributed by atoms with Crippen LogP contribution >= 0.6 is 0 Å². The van der Waals surface area contributed by atoms with Crippen LogP contribution in [0, 0.1) is 5.92 Å². The maximum atomic E-state index is 4.53. The van der Waals surface area contributed by atoms with Crippen LogP contribution in [0.15, 0.2) is 0 Å². The van der Waals surface area contributed by atoms with Crippen LogP contribution in [0.3, 0.4) is 0 Å². The molecule has 2 unspecified atom stereocenters. The zero-order valence-corrected chi connectivity index (χ0v) is 11.6. The molecule has 0 saturated carbocycles. The van der Waals surface area contributed by atoms with Crippen LogP contribution in [-0.4, -0.2) is 32.8 Å². The van der Waals surface area contributed by atoms with Crippen LogP contribution in [0.25, 0.3) is 0 Å². The maximum absolute atomic E-state index is 4.53. The second-order valence-corrected chi connectivity index (χ2v) is 5.86. The van der Waals surface area contributed by atoms with Crippen LogP contribution in [-0.2, 0) is 13.0 Å². The van der Waals surface area contributed by atoms with Gasteiger partial charge < -0.3 is 4.57 Å². The van der Waals surface area contributed by atoms with E-state index in [0.29, 0.717) is 6.04 Å². The third-order valence-corrected chi connectivity index (χ3v) is 4.55. The Bertz CT molecular complexity index is 412. The third kappa shape index (κ3) is 2.07. The normalized spacial score (nSPS) is 29.2. The van der Waals surface area contributed by atoms with Gasteiger partial charge >= 0.3 is 0 Å². The monoisotopic (exact) mass is 248 g/mol. The Morgan fingerprint density at radius 3 is 2.89 bits per heavy atom. The first kappa shape index (κ1) is 12.2. The number of rotatable bonds is 2. The molecule has 3 heterocycles. The topological polar surface area (TPSA) is 34.0 Å². The van der Waals surface area contributed by atoms with Crippen molar-refractivity contribution in [2.24, 2.45) is 5.92 Å². The summed E-state index contributed by atoms with van der Waals surface area (Å²) in [7, 11) is 0. The van der Waals surface area contributed by atoms with Crippen molar-refractivity contribution in [3.8, 4) is 0 Å². The molecular formula is C14H24N4. The lowest BCUT2D eigenvalue weighted by Crippen LogP contribution is -2.35. The van der Waals surface area contributed by atoms with Gasteiger partial charge in [-0.05, 0) is 38.3 Å². The van der Waals surface area contributed by atoms with Gasteiger partial charge in [0.2, 0.25) is 0 Å².